The molecule has 0 saturated heterocycles. The van der Waals surface area contributed by atoms with Crippen molar-refractivity contribution in [2.45, 2.75) is 33.2 Å². The highest BCUT2D eigenvalue weighted by Gasteiger charge is 2.18. The second kappa shape index (κ2) is 6.00. The van der Waals surface area contributed by atoms with Crippen LogP contribution in [0.5, 0.6) is 0 Å². The lowest BCUT2D eigenvalue weighted by Crippen LogP contribution is -2.36. The Hall–Kier alpha value is -0.890. The molecule has 2 atom stereocenters. The second-order valence-electron chi connectivity index (χ2n) is 4.83. The zero-order chi connectivity index (χ0) is 12.1. The highest BCUT2D eigenvalue weighted by molar-refractivity contribution is 5.17. The van der Waals surface area contributed by atoms with E-state index in [-0.39, 0.29) is 5.82 Å². The Morgan fingerprint density at radius 3 is 2.12 bits per heavy atom. The van der Waals surface area contributed by atoms with Gasteiger partial charge in [0.15, 0.2) is 0 Å². The van der Waals surface area contributed by atoms with Crippen molar-refractivity contribution in [3.05, 3.63) is 35.6 Å². The predicted molar refractivity (Wildman–Crippen MR) is 67.0 cm³/mol. The van der Waals surface area contributed by atoms with Crippen LogP contribution in [0.25, 0.3) is 0 Å². The van der Waals surface area contributed by atoms with E-state index in [0.29, 0.717) is 17.9 Å². The summed E-state index contributed by atoms with van der Waals surface area (Å²) in [7, 11) is 1.99. The van der Waals surface area contributed by atoms with Crippen LogP contribution in [0.1, 0.15) is 26.3 Å². The van der Waals surface area contributed by atoms with Crippen LogP contribution in [0.4, 0.5) is 4.39 Å². The van der Waals surface area contributed by atoms with E-state index in [0.717, 1.165) is 6.42 Å². The molecule has 0 aliphatic carbocycles. The zero-order valence-corrected chi connectivity index (χ0v) is 10.6. The van der Waals surface area contributed by atoms with Crippen LogP contribution < -0.4 is 5.32 Å². The molecule has 0 aliphatic rings. The lowest BCUT2D eigenvalue weighted by Gasteiger charge is -2.26. The maximum absolute atomic E-state index is 12.8. The third-order valence-electron chi connectivity index (χ3n) is 3.43. The van der Waals surface area contributed by atoms with Gasteiger partial charge in [-0.2, -0.15) is 0 Å². The molecule has 0 aliphatic heterocycles. The maximum atomic E-state index is 12.8. The summed E-state index contributed by atoms with van der Waals surface area (Å²) in [6.07, 6.45) is 0.954. The molecule has 90 valence electrons. The Labute approximate surface area is 98.1 Å². The normalized spacial score (nSPS) is 15.1. The van der Waals surface area contributed by atoms with E-state index in [1.165, 1.54) is 17.7 Å². The van der Waals surface area contributed by atoms with Gasteiger partial charge in [0, 0.05) is 6.04 Å². The Kier molecular flexibility index (Phi) is 4.94. The molecule has 0 heterocycles. The number of hydrogen-bond acceptors (Lipinski definition) is 1. The SMILES string of the molecule is CNC(Cc1ccc(F)cc1)C(C)C(C)C. The molecule has 0 amide bonds. The molecule has 0 bridgehead atoms. The average Bonchev–Trinajstić information content (AvgIpc) is 2.27. The molecule has 1 aromatic rings. The topological polar surface area (TPSA) is 12.0 Å². The van der Waals surface area contributed by atoms with Crippen LogP contribution in [0.2, 0.25) is 0 Å². The van der Waals surface area contributed by atoms with Crippen molar-refractivity contribution in [1.29, 1.82) is 0 Å². The summed E-state index contributed by atoms with van der Waals surface area (Å²) in [4.78, 5) is 0. The van der Waals surface area contributed by atoms with Gasteiger partial charge in [0.2, 0.25) is 0 Å². The molecular formula is C14H22FN. The molecule has 0 radical (unpaired) electrons. The van der Waals surface area contributed by atoms with Gasteiger partial charge in [-0.25, -0.2) is 4.39 Å². The van der Waals surface area contributed by atoms with Gasteiger partial charge in [0.25, 0.3) is 0 Å². The third kappa shape index (κ3) is 3.60. The van der Waals surface area contributed by atoms with Crippen molar-refractivity contribution in [2.24, 2.45) is 11.8 Å². The van der Waals surface area contributed by atoms with E-state index < -0.39 is 0 Å². The summed E-state index contributed by atoms with van der Waals surface area (Å²) in [5.41, 5.74) is 1.19. The number of likely N-dealkylation sites (N-methyl/N-ethyl adjacent to an activating group) is 1. The molecular weight excluding hydrogens is 201 g/mol. The van der Waals surface area contributed by atoms with Crippen molar-refractivity contribution in [2.75, 3.05) is 7.05 Å². The average molecular weight is 223 g/mol. The molecule has 1 N–H and O–H groups in total. The second-order valence-corrected chi connectivity index (χ2v) is 4.83. The lowest BCUT2D eigenvalue weighted by molar-refractivity contribution is 0.310. The Balaban J connectivity index is 2.66. The van der Waals surface area contributed by atoms with Gasteiger partial charge < -0.3 is 5.32 Å². The first-order valence-electron chi connectivity index (χ1n) is 5.96. The lowest BCUT2D eigenvalue weighted by atomic mass is 9.87. The molecule has 16 heavy (non-hydrogen) atoms. The quantitative estimate of drug-likeness (QED) is 0.808. The van der Waals surface area contributed by atoms with E-state index in [9.17, 15) is 4.39 Å². The fourth-order valence-electron chi connectivity index (χ4n) is 1.89. The molecule has 2 heteroatoms. The minimum absolute atomic E-state index is 0.165. The first-order chi connectivity index (χ1) is 7.54. The minimum atomic E-state index is -0.165. The summed E-state index contributed by atoms with van der Waals surface area (Å²) in [5.74, 6) is 1.09. The Bertz CT molecular complexity index is 305. The molecule has 1 nitrogen and oxygen atoms in total. The van der Waals surface area contributed by atoms with Crippen LogP contribution in [-0.2, 0) is 6.42 Å². The van der Waals surface area contributed by atoms with Crippen LogP contribution in [0.15, 0.2) is 24.3 Å². The highest BCUT2D eigenvalue weighted by atomic mass is 19.1. The van der Waals surface area contributed by atoms with E-state index in [2.05, 4.69) is 26.1 Å². The van der Waals surface area contributed by atoms with Crippen LogP contribution in [0.3, 0.4) is 0 Å². The van der Waals surface area contributed by atoms with E-state index in [1.54, 1.807) is 0 Å². The standard InChI is InChI=1S/C14H22FN/c1-10(2)11(3)14(16-4)9-12-5-7-13(15)8-6-12/h5-8,10-11,14,16H,9H2,1-4H3. The van der Waals surface area contributed by atoms with Crippen LogP contribution >= 0.6 is 0 Å². The maximum Gasteiger partial charge on any atom is 0.123 e. The smallest absolute Gasteiger partial charge is 0.123 e. The molecule has 1 aromatic carbocycles. The van der Waals surface area contributed by atoms with E-state index >= 15 is 0 Å². The molecule has 0 fully saturated rings. The minimum Gasteiger partial charge on any atom is -0.316 e. The number of hydrogen-bond donors (Lipinski definition) is 1. The third-order valence-corrected chi connectivity index (χ3v) is 3.43. The molecule has 0 saturated carbocycles. The van der Waals surface area contributed by atoms with Gasteiger partial charge >= 0.3 is 0 Å². The molecule has 0 spiro atoms. The van der Waals surface area contributed by atoms with Gasteiger partial charge in [-0.3, -0.25) is 0 Å². The summed E-state index contributed by atoms with van der Waals surface area (Å²) < 4.78 is 12.8. The van der Waals surface area contributed by atoms with Gasteiger partial charge in [0.1, 0.15) is 5.82 Å². The van der Waals surface area contributed by atoms with Crippen molar-refractivity contribution >= 4 is 0 Å². The molecule has 0 aromatic heterocycles. The van der Waals surface area contributed by atoms with Gasteiger partial charge in [-0.05, 0) is 43.0 Å². The van der Waals surface area contributed by atoms with Gasteiger partial charge in [0.05, 0.1) is 0 Å². The largest absolute Gasteiger partial charge is 0.316 e. The fraction of sp³-hybridized carbons (Fsp3) is 0.571. The zero-order valence-electron chi connectivity index (χ0n) is 10.6. The van der Waals surface area contributed by atoms with E-state index in [1.807, 2.05) is 19.2 Å². The number of nitrogens with one attached hydrogen (secondary N) is 1. The first kappa shape index (κ1) is 13.2. The monoisotopic (exact) mass is 223 g/mol. The fourth-order valence-corrected chi connectivity index (χ4v) is 1.89. The van der Waals surface area contributed by atoms with Crippen molar-refractivity contribution in [1.82, 2.24) is 5.32 Å². The highest BCUT2D eigenvalue weighted by Crippen LogP contribution is 2.18. The summed E-state index contributed by atoms with van der Waals surface area (Å²) >= 11 is 0. The Morgan fingerprint density at radius 1 is 1.12 bits per heavy atom. The summed E-state index contributed by atoms with van der Waals surface area (Å²) in [6.45, 7) is 6.73. The van der Waals surface area contributed by atoms with Crippen LogP contribution in [-0.4, -0.2) is 13.1 Å². The number of benzene rings is 1. The number of halogens is 1. The summed E-state index contributed by atoms with van der Waals surface area (Å²) in [5, 5.41) is 3.35. The summed E-state index contributed by atoms with van der Waals surface area (Å²) in [6, 6.07) is 7.24. The molecule has 2 unspecified atom stereocenters. The van der Waals surface area contributed by atoms with Crippen molar-refractivity contribution in [3.8, 4) is 0 Å². The number of rotatable bonds is 5. The predicted octanol–water partition coefficient (Wildman–Crippen LogP) is 3.25. The van der Waals surface area contributed by atoms with Crippen LogP contribution in [0, 0.1) is 17.7 Å². The van der Waals surface area contributed by atoms with Gasteiger partial charge in [-0.15, -0.1) is 0 Å². The Morgan fingerprint density at radius 2 is 1.69 bits per heavy atom. The molecule has 1 rings (SSSR count). The van der Waals surface area contributed by atoms with Crippen molar-refractivity contribution < 1.29 is 4.39 Å². The van der Waals surface area contributed by atoms with E-state index in [4.69, 9.17) is 0 Å². The van der Waals surface area contributed by atoms with Crippen molar-refractivity contribution in [3.63, 3.8) is 0 Å². The first-order valence-corrected chi connectivity index (χ1v) is 5.96. The van der Waals surface area contributed by atoms with Gasteiger partial charge in [-0.1, -0.05) is 32.9 Å².